The Morgan fingerprint density at radius 3 is 2.18 bits per heavy atom. The molecular weight excluding hydrogens is 372 g/mol. The molecule has 0 radical (unpaired) electrons. The average Bonchev–Trinajstić information content (AvgIpc) is 2.70. The molecule has 3 aromatic rings. The van der Waals surface area contributed by atoms with Crippen LogP contribution in [0, 0.1) is 0 Å². The third-order valence-electron chi connectivity index (χ3n) is 3.69. The predicted molar refractivity (Wildman–Crippen MR) is 115 cm³/mol. The Morgan fingerprint density at radius 2 is 1.43 bits per heavy atom. The summed E-state index contributed by atoms with van der Waals surface area (Å²) >= 11 is 1.53. The van der Waals surface area contributed by atoms with Crippen LogP contribution in [0.15, 0.2) is 79.1 Å². The maximum Gasteiger partial charge on any atom is 0.323 e. The zero-order valence-electron chi connectivity index (χ0n) is 15.1. The van der Waals surface area contributed by atoms with Crippen LogP contribution < -0.4 is 16.0 Å². The highest BCUT2D eigenvalue weighted by molar-refractivity contribution is 7.99. The van der Waals surface area contributed by atoms with Crippen LogP contribution in [0.1, 0.15) is 5.56 Å². The van der Waals surface area contributed by atoms with Crippen LogP contribution in [0.2, 0.25) is 0 Å². The maximum atomic E-state index is 12.1. The Bertz CT molecular complexity index is 920. The number of anilines is 3. The van der Waals surface area contributed by atoms with Gasteiger partial charge >= 0.3 is 6.03 Å². The number of carbonyl (C=O) groups excluding carboxylic acids is 2. The molecule has 1 aromatic heterocycles. The number of amides is 3. The van der Waals surface area contributed by atoms with Gasteiger partial charge in [-0.3, -0.25) is 9.78 Å². The summed E-state index contributed by atoms with van der Waals surface area (Å²) in [7, 11) is 0. The summed E-state index contributed by atoms with van der Waals surface area (Å²) in [6.45, 7) is 0. The number of aromatic nitrogens is 1. The van der Waals surface area contributed by atoms with Gasteiger partial charge in [0, 0.05) is 35.2 Å². The second-order valence-electron chi connectivity index (χ2n) is 5.92. The van der Waals surface area contributed by atoms with Crippen molar-refractivity contribution in [1.29, 1.82) is 0 Å². The zero-order chi connectivity index (χ0) is 19.6. The molecule has 0 aliphatic rings. The Balaban J connectivity index is 1.47. The number of para-hydroxylation sites is 1. The van der Waals surface area contributed by atoms with E-state index >= 15 is 0 Å². The number of benzene rings is 2. The molecule has 3 rings (SSSR count). The minimum Gasteiger partial charge on any atom is -0.325 e. The molecule has 0 atom stereocenters. The minimum absolute atomic E-state index is 0.0926. The van der Waals surface area contributed by atoms with Gasteiger partial charge in [-0.1, -0.05) is 24.3 Å². The highest BCUT2D eigenvalue weighted by Crippen LogP contribution is 2.17. The molecule has 0 unspecified atom stereocenters. The van der Waals surface area contributed by atoms with Gasteiger partial charge in [-0.2, -0.15) is 0 Å². The highest BCUT2D eigenvalue weighted by Gasteiger charge is 2.06. The molecule has 6 nitrogen and oxygen atoms in total. The van der Waals surface area contributed by atoms with Gasteiger partial charge in [-0.05, 0) is 48.0 Å². The summed E-state index contributed by atoms with van der Waals surface area (Å²) in [5, 5.41) is 8.35. The average molecular weight is 392 g/mol. The number of nitrogens with zero attached hydrogens (tertiary/aromatic N) is 1. The number of rotatable bonds is 7. The van der Waals surface area contributed by atoms with Crippen LogP contribution in [-0.2, 0) is 10.5 Å². The molecule has 0 aliphatic carbocycles. The van der Waals surface area contributed by atoms with E-state index in [4.69, 9.17) is 0 Å². The summed E-state index contributed by atoms with van der Waals surface area (Å²) in [5.41, 5.74) is 3.06. The molecule has 3 amide bonds. The van der Waals surface area contributed by atoms with Gasteiger partial charge in [0.1, 0.15) is 0 Å². The van der Waals surface area contributed by atoms with Crippen molar-refractivity contribution in [2.24, 2.45) is 0 Å². The minimum atomic E-state index is -0.345. The van der Waals surface area contributed by atoms with Crippen molar-refractivity contribution >= 4 is 40.8 Å². The lowest BCUT2D eigenvalue weighted by Gasteiger charge is -2.10. The summed E-state index contributed by atoms with van der Waals surface area (Å²) in [6.07, 6.45) is 3.48. The van der Waals surface area contributed by atoms with Crippen molar-refractivity contribution in [1.82, 2.24) is 4.98 Å². The number of pyridine rings is 1. The quantitative estimate of drug-likeness (QED) is 0.549. The van der Waals surface area contributed by atoms with E-state index in [1.165, 1.54) is 11.8 Å². The predicted octanol–water partition coefficient (Wildman–Crippen LogP) is 4.60. The number of carbonyl (C=O) groups is 2. The maximum absolute atomic E-state index is 12.1. The van der Waals surface area contributed by atoms with Gasteiger partial charge in [0.2, 0.25) is 5.91 Å². The zero-order valence-corrected chi connectivity index (χ0v) is 15.9. The molecular formula is C21H20N4O2S. The Kier molecular flexibility index (Phi) is 7.03. The smallest absolute Gasteiger partial charge is 0.323 e. The normalized spacial score (nSPS) is 10.1. The fraction of sp³-hybridized carbons (Fsp3) is 0.0952. The Hall–Kier alpha value is -3.32. The molecule has 7 heteroatoms. The molecule has 0 aliphatic heterocycles. The largest absolute Gasteiger partial charge is 0.325 e. The third kappa shape index (κ3) is 6.44. The Morgan fingerprint density at radius 1 is 0.786 bits per heavy atom. The molecule has 28 heavy (non-hydrogen) atoms. The van der Waals surface area contributed by atoms with Crippen LogP contribution in [0.3, 0.4) is 0 Å². The summed E-state index contributed by atoms with van der Waals surface area (Å²) in [5.74, 6) is 0.996. The molecule has 0 saturated heterocycles. The second kappa shape index (κ2) is 10.1. The van der Waals surface area contributed by atoms with Crippen molar-refractivity contribution in [2.45, 2.75) is 5.75 Å². The van der Waals surface area contributed by atoms with E-state index in [9.17, 15) is 9.59 Å². The van der Waals surface area contributed by atoms with Crippen molar-refractivity contribution in [3.05, 3.63) is 84.7 Å². The van der Waals surface area contributed by atoms with Gasteiger partial charge < -0.3 is 16.0 Å². The number of thioether (sulfide) groups is 1. The first-order chi connectivity index (χ1) is 13.7. The number of hydrogen-bond donors (Lipinski definition) is 3. The fourth-order valence-electron chi connectivity index (χ4n) is 2.43. The van der Waals surface area contributed by atoms with Crippen LogP contribution in [0.4, 0.5) is 21.9 Å². The van der Waals surface area contributed by atoms with E-state index in [0.717, 1.165) is 11.3 Å². The van der Waals surface area contributed by atoms with E-state index in [1.54, 1.807) is 48.8 Å². The first-order valence-corrected chi connectivity index (χ1v) is 9.84. The van der Waals surface area contributed by atoms with E-state index in [-0.39, 0.29) is 11.9 Å². The molecule has 0 spiro atoms. The molecule has 2 aromatic carbocycles. The summed E-state index contributed by atoms with van der Waals surface area (Å²) in [4.78, 5) is 28.2. The third-order valence-corrected chi connectivity index (χ3v) is 4.69. The Labute approximate surface area is 167 Å². The number of nitrogens with one attached hydrogen (secondary N) is 3. The van der Waals surface area contributed by atoms with Crippen molar-refractivity contribution in [3.63, 3.8) is 0 Å². The topological polar surface area (TPSA) is 83.1 Å². The van der Waals surface area contributed by atoms with Gasteiger partial charge in [0.25, 0.3) is 0 Å². The molecule has 0 bridgehead atoms. The first-order valence-electron chi connectivity index (χ1n) is 8.69. The van der Waals surface area contributed by atoms with E-state index in [2.05, 4.69) is 20.9 Å². The lowest BCUT2D eigenvalue weighted by atomic mass is 10.2. The van der Waals surface area contributed by atoms with Crippen LogP contribution >= 0.6 is 11.8 Å². The summed E-state index contributed by atoms with van der Waals surface area (Å²) in [6, 6.07) is 19.7. The van der Waals surface area contributed by atoms with Gasteiger partial charge in [0.05, 0.1) is 5.75 Å². The second-order valence-corrected chi connectivity index (χ2v) is 6.91. The first kappa shape index (κ1) is 19.4. The van der Waals surface area contributed by atoms with Crippen LogP contribution in [-0.4, -0.2) is 22.7 Å². The number of hydrogen-bond acceptors (Lipinski definition) is 4. The molecule has 1 heterocycles. The highest BCUT2D eigenvalue weighted by atomic mass is 32.2. The van der Waals surface area contributed by atoms with Gasteiger partial charge in [-0.25, -0.2) is 4.79 Å². The van der Waals surface area contributed by atoms with Gasteiger partial charge in [0.15, 0.2) is 0 Å². The standard InChI is InChI=1S/C21H20N4O2S/c26-20(15-28-14-16-9-11-22-12-10-16)23-18-7-4-8-19(13-18)25-21(27)24-17-5-2-1-3-6-17/h1-13H,14-15H2,(H,23,26)(H2,24,25,27). The monoisotopic (exact) mass is 392 g/mol. The van der Waals surface area contributed by atoms with E-state index in [0.29, 0.717) is 22.8 Å². The number of urea groups is 1. The van der Waals surface area contributed by atoms with Crippen LogP contribution in [0.25, 0.3) is 0 Å². The summed E-state index contributed by atoms with van der Waals surface area (Å²) < 4.78 is 0. The molecule has 0 saturated carbocycles. The molecule has 3 N–H and O–H groups in total. The van der Waals surface area contributed by atoms with E-state index < -0.39 is 0 Å². The SMILES string of the molecule is O=C(CSCc1ccncc1)Nc1cccc(NC(=O)Nc2ccccc2)c1. The van der Waals surface area contributed by atoms with Crippen LogP contribution in [0.5, 0.6) is 0 Å². The van der Waals surface area contributed by atoms with Crippen molar-refractivity contribution in [3.8, 4) is 0 Å². The van der Waals surface area contributed by atoms with Crippen molar-refractivity contribution < 1.29 is 9.59 Å². The molecule has 142 valence electrons. The lowest BCUT2D eigenvalue weighted by Crippen LogP contribution is -2.19. The van der Waals surface area contributed by atoms with E-state index in [1.807, 2.05) is 30.3 Å². The fourth-order valence-corrected chi connectivity index (χ4v) is 3.22. The van der Waals surface area contributed by atoms with Crippen molar-refractivity contribution in [2.75, 3.05) is 21.7 Å². The molecule has 0 fully saturated rings. The lowest BCUT2D eigenvalue weighted by molar-refractivity contribution is -0.113. The van der Waals surface area contributed by atoms with Gasteiger partial charge in [-0.15, -0.1) is 11.8 Å².